The Kier molecular flexibility index (Phi) is 6.23. The molecule has 5 N–H and O–H groups in total. The van der Waals surface area contributed by atoms with Gasteiger partial charge in [0, 0.05) is 29.2 Å². The van der Waals surface area contributed by atoms with Crippen LogP contribution in [0.2, 0.25) is 0 Å². The molecule has 0 aliphatic heterocycles. The number of nitrogens with one attached hydrogen (secondary N) is 3. The number of carbonyl (C=O) groups excluding carboxylic acids is 1. The van der Waals surface area contributed by atoms with Crippen molar-refractivity contribution in [3.05, 3.63) is 81.7 Å². The maximum Gasteiger partial charge on any atom is 0.320 e. The van der Waals surface area contributed by atoms with E-state index in [1.54, 1.807) is 18.3 Å². The van der Waals surface area contributed by atoms with Gasteiger partial charge < -0.3 is 11.1 Å². The number of aromatic nitrogens is 2. The lowest BCUT2D eigenvalue weighted by molar-refractivity contribution is 0.249. The maximum absolute atomic E-state index is 12.4. The van der Waals surface area contributed by atoms with Crippen LogP contribution >= 0.6 is 15.9 Å². The molecule has 0 radical (unpaired) electrons. The van der Waals surface area contributed by atoms with Crippen molar-refractivity contribution in [2.24, 2.45) is 0 Å². The van der Waals surface area contributed by atoms with Crippen LogP contribution in [0.25, 0.3) is 0 Å². The third kappa shape index (κ3) is 4.78. The van der Waals surface area contributed by atoms with Gasteiger partial charge in [-0.1, -0.05) is 30.3 Å². The van der Waals surface area contributed by atoms with Crippen molar-refractivity contribution < 1.29 is 4.79 Å². The molecule has 2 heterocycles. The molecule has 0 aliphatic carbocycles. The molecule has 0 spiro atoms. The fraction of sp³-hybridized carbons (Fsp3) is 0.143. The third-order valence-electron chi connectivity index (χ3n) is 4.39. The second kappa shape index (κ2) is 8.83. The van der Waals surface area contributed by atoms with Gasteiger partial charge in [-0.3, -0.25) is 15.7 Å². The van der Waals surface area contributed by atoms with Crippen molar-refractivity contribution >= 4 is 39.2 Å². The predicted molar refractivity (Wildman–Crippen MR) is 118 cm³/mol. The number of carbonyl (C=O) groups is 1. The molecule has 0 fully saturated rings. The molecule has 29 heavy (non-hydrogen) atoms. The Labute approximate surface area is 177 Å². The first-order valence-corrected chi connectivity index (χ1v) is 9.74. The fourth-order valence-corrected chi connectivity index (χ4v) is 3.22. The lowest BCUT2D eigenvalue weighted by atomic mass is 10.0. The van der Waals surface area contributed by atoms with Crippen LogP contribution in [0, 0.1) is 12.3 Å². The molecule has 3 aromatic rings. The quantitative estimate of drug-likeness (QED) is 0.428. The summed E-state index contributed by atoms with van der Waals surface area (Å²) in [7, 11) is 0. The Morgan fingerprint density at radius 3 is 2.62 bits per heavy atom. The van der Waals surface area contributed by atoms with Crippen molar-refractivity contribution in [2.45, 2.75) is 19.9 Å². The summed E-state index contributed by atoms with van der Waals surface area (Å²) in [5.74, 6) is 0.280. The zero-order chi connectivity index (χ0) is 21.0. The molecule has 1 unspecified atom stereocenters. The summed E-state index contributed by atoms with van der Waals surface area (Å²) in [6.45, 7) is 3.75. The molecule has 2 amide bonds. The van der Waals surface area contributed by atoms with Gasteiger partial charge in [0.05, 0.1) is 21.9 Å². The first-order chi connectivity index (χ1) is 13.9. The van der Waals surface area contributed by atoms with E-state index in [1.165, 1.54) is 6.20 Å². The molecule has 0 saturated carbocycles. The lowest BCUT2D eigenvalue weighted by Gasteiger charge is -2.16. The van der Waals surface area contributed by atoms with Gasteiger partial charge in [-0.05, 0) is 47.5 Å². The number of hydrogen-bond acceptors (Lipinski definition) is 5. The van der Waals surface area contributed by atoms with Gasteiger partial charge in [-0.2, -0.15) is 0 Å². The zero-order valence-corrected chi connectivity index (χ0v) is 17.6. The third-order valence-corrected chi connectivity index (χ3v) is 5.19. The van der Waals surface area contributed by atoms with Crippen LogP contribution in [-0.2, 0) is 0 Å². The Bertz CT molecular complexity index is 1050. The molecule has 1 atom stereocenters. The highest BCUT2D eigenvalue weighted by Gasteiger charge is 2.17. The Morgan fingerprint density at radius 2 is 1.93 bits per heavy atom. The maximum atomic E-state index is 12.4. The molecule has 8 heteroatoms. The van der Waals surface area contributed by atoms with E-state index in [0.29, 0.717) is 21.3 Å². The fourth-order valence-electron chi connectivity index (χ4n) is 2.81. The van der Waals surface area contributed by atoms with E-state index in [4.69, 9.17) is 11.1 Å². The van der Waals surface area contributed by atoms with Gasteiger partial charge in [0.2, 0.25) is 0 Å². The second-order valence-corrected chi connectivity index (χ2v) is 7.33. The topological polar surface area (TPSA) is 117 Å². The first kappa shape index (κ1) is 20.5. The van der Waals surface area contributed by atoms with Crippen molar-refractivity contribution in [2.75, 3.05) is 11.1 Å². The monoisotopic (exact) mass is 452 g/mol. The van der Waals surface area contributed by atoms with Crippen LogP contribution in [0.5, 0.6) is 0 Å². The number of urea groups is 1. The predicted octanol–water partition coefficient (Wildman–Crippen LogP) is 4.43. The van der Waals surface area contributed by atoms with Crippen LogP contribution < -0.4 is 16.4 Å². The van der Waals surface area contributed by atoms with Crippen LogP contribution in [0.3, 0.4) is 0 Å². The summed E-state index contributed by atoms with van der Waals surface area (Å²) in [6.07, 6.45) is 3.13. The van der Waals surface area contributed by atoms with Crippen LogP contribution in [0.4, 0.5) is 16.3 Å². The number of nitrogen functional groups attached to an aromatic ring is 1. The Morgan fingerprint density at radius 1 is 1.21 bits per heavy atom. The van der Waals surface area contributed by atoms with Crippen LogP contribution in [0.15, 0.2) is 59.3 Å². The molecule has 0 bridgehead atoms. The van der Waals surface area contributed by atoms with E-state index in [1.807, 2.05) is 44.2 Å². The molecule has 1 aromatic carbocycles. The minimum absolute atomic E-state index is 0.172. The van der Waals surface area contributed by atoms with Gasteiger partial charge in [0.25, 0.3) is 0 Å². The van der Waals surface area contributed by atoms with Crippen molar-refractivity contribution in [1.82, 2.24) is 15.3 Å². The number of aryl methyl sites for hydroxylation is 1. The number of rotatable bonds is 5. The summed E-state index contributed by atoms with van der Waals surface area (Å²) in [4.78, 5) is 20.8. The van der Waals surface area contributed by atoms with Crippen LogP contribution in [0.1, 0.15) is 35.3 Å². The highest BCUT2D eigenvalue weighted by atomic mass is 79.9. The second-order valence-electron chi connectivity index (χ2n) is 6.54. The standard InChI is InChI=1S/C21H21BrN6O/c1-12-10-15(8-9-25-12)18(23)16-11-26-20(17(22)19(16)24)28-21(29)27-13(2)14-6-4-3-5-7-14/h3-11,13,23H,1-2H3,(H4,24,26,27,28,29). The summed E-state index contributed by atoms with van der Waals surface area (Å²) >= 11 is 3.39. The molecular weight excluding hydrogens is 432 g/mol. The first-order valence-electron chi connectivity index (χ1n) is 8.95. The minimum atomic E-state index is -0.401. The van der Waals surface area contributed by atoms with E-state index in [-0.39, 0.29) is 17.6 Å². The number of benzene rings is 1. The number of hydrogen-bond donors (Lipinski definition) is 4. The average Bonchev–Trinajstić information content (AvgIpc) is 2.71. The molecule has 0 aliphatic rings. The van der Waals surface area contributed by atoms with Gasteiger partial charge in [-0.15, -0.1) is 0 Å². The SMILES string of the molecule is Cc1cc(C(=N)c2cnc(NC(=O)NC(C)c3ccccc3)c(Br)c2N)ccn1. The highest BCUT2D eigenvalue weighted by molar-refractivity contribution is 9.10. The van der Waals surface area contributed by atoms with E-state index in [0.717, 1.165) is 11.3 Å². The summed E-state index contributed by atoms with van der Waals surface area (Å²) < 4.78 is 0.424. The lowest BCUT2D eigenvalue weighted by Crippen LogP contribution is -2.31. The largest absolute Gasteiger partial charge is 0.397 e. The van der Waals surface area contributed by atoms with Crippen molar-refractivity contribution in [3.63, 3.8) is 0 Å². The summed E-state index contributed by atoms with van der Waals surface area (Å²) in [5, 5.41) is 14.0. The van der Waals surface area contributed by atoms with Gasteiger partial charge in [0.15, 0.2) is 0 Å². The normalized spacial score (nSPS) is 11.6. The van der Waals surface area contributed by atoms with Gasteiger partial charge in [-0.25, -0.2) is 9.78 Å². The Balaban J connectivity index is 1.75. The van der Waals surface area contributed by atoms with E-state index in [9.17, 15) is 4.79 Å². The van der Waals surface area contributed by atoms with Gasteiger partial charge in [0.1, 0.15) is 5.82 Å². The molecule has 0 saturated heterocycles. The minimum Gasteiger partial charge on any atom is -0.397 e. The smallest absolute Gasteiger partial charge is 0.320 e. The van der Waals surface area contributed by atoms with E-state index >= 15 is 0 Å². The van der Waals surface area contributed by atoms with Crippen LogP contribution in [-0.4, -0.2) is 21.7 Å². The summed E-state index contributed by atoms with van der Waals surface area (Å²) in [6, 6.07) is 12.6. The number of halogens is 1. The highest BCUT2D eigenvalue weighted by Crippen LogP contribution is 2.31. The average molecular weight is 453 g/mol. The number of nitrogens with zero attached hydrogens (tertiary/aromatic N) is 2. The Hall–Kier alpha value is -3.26. The summed E-state index contributed by atoms with van der Waals surface area (Å²) in [5.41, 5.74) is 9.72. The number of amides is 2. The number of anilines is 2. The number of pyridine rings is 2. The van der Waals surface area contributed by atoms with Crippen molar-refractivity contribution in [1.29, 1.82) is 5.41 Å². The van der Waals surface area contributed by atoms with E-state index in [2.05, 4.69) is 36.5 Å². The molecule has 7 nitrogen and oxygen atoms in total. The molecule has 148 valence electrons. The molecule has 2 aromatic heterocycles. The van der Waals surface area contributed by atoms with Gasteiger partial charge >= 0.3 is 6.03 Å². The zero-order valence-electron chi connectivity index (χ0n) is 16.0. The molecule has 3 rings (SSSR count). The van der Waals surface area contributed by atoms with E-state index < -0.39 is 6.03 Å². The molecular formula is C21H21BrN6O. The van der Waals surface area contributed by atoms with Crippen molar-refractivity contribution in [3.8, 4) is 0 Å². The number of nitrogens with two attached hydrogens (primary N) is 1.